The molecule has 0 spiro atoms. The Balaban J connectivity index is 3.90. The number of aliphatic carboxylic acids is 2. The lowest BCUT2D eigenvalue weighted by Crippen LogP contribution is -2.30. The van der Waals surface area contributed by atoms with Gasteiger partial charge in [-0.15, -0.1) is 0 Å². The average Bonchev–Trinajstić information content (AvgIpc) is 2.50. The molecule has 4 N–H and O–H groups in total. The molecule has 25 heavy (non-hydrogen) atoms. The van der Waals surface area contributed by atoms with Gasteiger partial charge in [0.2, 0.25) is 0 Å². The summed E-state index contributed by atoms with van der Waals surface area (Å²) in [5, 5.41) is 17.1. The third-order valence-corrected chi connectivity index (χ3v) is 5.47. The molecule has 0 amide bonds. The van der Waals surface area contributed by atoms with Gasteiger partial charge in [0.05, 0.1) is 0 Å². The molecule has 0 aromatic heterocycles. The minimum Gasteiger partial charge on any atom is -0.481 e. The predicted molar refractivity (Wildman–Crippen MR) is 92.6 cm³/mol. The van der Waals surface area contributed by atoms with Gasteiger partial charge in [0.15, 0.2) is 10.9 Å². The minimum atomic E-state index is -1.18. The van der Waals surface area contributed by atoms with Crippen molar-refractivity contribution < 1.29 is 38.9 Å². The molecule has 0 fully saturated rings. The maximum Gasteiger partial charge on any atom is 0.320 e. The first-order valence-electron chi connectivity index (χ1n) is 7.53. The second-order valence-corrected chi connectivity index (χ2v) is 7.91. The Morgan fingerprint density at radius 3 is 1.84 bits per heavy atom. The second kappa shape index (κ2) is 12.8. The maximum atomic E-state index is 11.5. The van der Waals surface area contributed by atoms with Crippen LogP contribution in [0.1, 0.15) is 46.0 Å². The lowest BCUT2D eigenvalue weighted by Gasteiger charge is -2.16. The molecule has 0 aromatic rings. The van der Waals surface area contributed by atoms with Gasteiger partial charge in [-0.2, -0.15) is 0 Å². The van der Waals surface area contributed by atoms with Gasteiger partial charge in [0, 0.05) is 19.3 Å². The van der Waals surface area contributed by atoms with Gasteiger partial charge in [-0.3, -0.25) is 19.2 Å². The number of ether oxygens (including phenoxy) is 2. The Morgan fingerprint density at radius 2 is 1.40 bits per heavy atom. The molecule has 0 aromatic carbocycles. The highest BCUT2D eigenvalue weighted by Crippen LogP contribution is 2.32. The van der Waals surface area contributed by atoms with E-state index in [0.29, 0.717) is 0 Å². The molecule has 3 atom stereocenters. The highest BCUT2D eigenvalue weighted by atomic mass is 33.1. The fourth-order valence-electron chi connectivity index (χ4n) is 1.46. The van der Waals surface area contributed by atoms with Crippen LogP contribution in [0.2, 0.25) is 0 Å². The van der Waals surface area contributed by atoms with E-state index in [4.69, 9.17) is 25.4 Å². The SMILES string of the molecule is CC(OC(=O)CCCC(=O)O)SSC(C)OC(=O)CC[C@H](N)C(=O)O. The van der Waals surface area contributed by atoms with Crippen LogP contribution in [-0.2, 0) is 28.7 Å². The summed E-state index contributed by atoms with van der Waals surface area (Å²) in [6.07, 6.45) is 0.0333. The van der Waals surface area contributed by atoms with E-state index < -0.39 is 40.8 Å². The van der Waals surface area contributed by atoms with E-state index in [2.05, 4.69) is 0 Å². The van der Waals surface area contributed by atoms with E-state index in [1.165, 1.54) is 21.6 Å². The van der Waals surface area contributed by atoms with Crippen LogP contribution in [0.3, 0.4) is 0 Å². The molecule has 0 rings (SSSR count). The normalized spacial score (nSPS) is 14.2. The molecule has 2 unspecified atom stereocenters. The fraction of sp³-hybridized carbons (Fsp3) is 0.714. The molecule has 0 saturated carbocycles. The quantitative estimate of drug-likeness (QED) is 0.236. The van der Waals surface area contributed by atoms with Gasteiger partial charge in [-0.05, 0) is 48.3 Å². The maximum absolute atomic E-state index is 11.5. The van der Waals surface area contributed by atoms with Gasteiger partial charge < -0.3 is 25.4 Å². The monoisotopic (exact) mass is 397 g/mol. The summed E-state index contributed by atoms with van der Waals surface area (Å²) < 4.78 is 10.2. The van der Waals surface area contributed by atoms with Gasteiger partial charge in [-0.1, -0.05) is 0 Å². The van der Waals surface area contributed by atoms with Crippen molar-refractivity contribution in [2.45, 2.75) is 62.9 Å². The largest absolute Gasteiger partial charge is 0.481 e. The number of nitrogens with two attached hydrogens (primary N) is 1. The van der Waals surface area contributed by atoms with Crippen LogP contribution >= 0.6 is 21.6 Å². The van der Waals surface area contributed by atoms with Gasteiger partial charge >= 0.3 is 23.9 Å². The molecule has 0 radical (unpaired) electrons. The smallest absolute Gasteiger partial charge is 0.320 e. The summed E-state index contributed by atoms with van der Waals surface area (Å²) >= 11 is 0. The lowest BCUT2D eigenvalue weighted by molar-refractivity contribution is -0.146. The number of esters is 2. The highest BCUT2D eigenvalue weighted by molar-refractivity contribution is 8.77. The minimum absolute atomic E-state index is 0.0109. The Labute approximate surface area is 153 Å². The summed E-state index contributed by atoms with van der Waals surface area (Å²) in [5.74, 6) is -3.19. The number of rotatable bonds is 13. The van der Waals surface area contributed by atoms with E-state index in [-0.39, 0.29) is 32.1 Å². The molecule has 0 aliphatic heterocycles. The fourth-order valence-corrected chi connectivity index (χ4v) is 3.25. The Hall–Kier alpha value is -1.46. The summed E-state index contributed by atoms with van der Waals surface area (Å²) in [5.41, 5.74) is 4.28. The number of hydrogen-bond donors (Lipinski definition) is 3. The van der Waals surface area contributed by atoms with Gasteiger partial charge in [0.25, 0.3) is 0 Å². The number of carbonyl (C=O) groups is 4. The predicted octanol–water partition coefficient (Wildman–Crippen LogP) is 1.59. The van der Waals surface area contributed by atoms with Crippen molar-refractivity contribution in [3.63, 3.8) is 0 Å². The zero-order valence-corrected chi connectivity index (χ0v) is 15.6. The van der Waals surface area contributed by atoms with Crippen molar-refractivity contribution in [3.8, 4) is 0 Å². The standard InChI is InChI=1S/C14H23NO8S2/c1-8(22-12(18)5-3-4-11(16)17)24-25-9(2)23-13(19)7-6-10(15)14(20)21/h8-10H,3-7,15H2,1-2H3,(H,16,17)(H,20,21)/t8?,9?,10-/m0/s1. The zero-order chi connectivity index (χ0) is 19.4. The molecule has 0 bridgehead atoms. The number of carboxylic acid groups (broad SMARTS) is 2. The molecular weight excluding hydrogens is 374 g/mol. The molecule has 9 nitrogen and oxygen atoms in total. The van der Waals surface area contributed by atoms with E-state index in [9.17, 15) is 19.2 Å². The van der Waals surface area contributed by atoms with Crippen LogP contribution in [0.4, 0.5) is 0 Å². The van der Waals surface area contributed by atoms with E-state index in [0.717, 1.165) is 0 Å². The first-order valence-corrected chi connectivity index (χ1v) is 9.80. The molecule has 0 saturated heterocycles. The van der Waals surface area contributed by atoms with Crippen LogP contribution in [0.5, 0.6) is 0 Å². The van der Waals surface area contributed by atoms with Crippen molar-refractivity contribution >= 4 is 45.5 Å². The Bertz CT molecular complexity index is 474. The zero-order valence-electron chi connectivity index (χ0n) is 14.0. The molecule has 144 valence electrons. The van der Waals surface area contributed by atoms with Gasteiger partial charge in [0.1, 0.15) is 6.04 Å². The van der Waals surface area contributed by atoms with Crippen molar-refractivity contribution in [1.29, 1.82) is 0 Å². The van der Waals surface area contributed by atoms with Crippen molar-refractivity contribution in [2.75, 3.05) is 0 Å². The van der Waals surface area contributed by atoms with Crippen LogP contribution < -0.4 is 5.73 Å². The Kier molecular flexibility index (Phi) is 12.1. The average molecular weight is 397 g/mol. The molecular formula is C14H23NO8S2. The van der Waals surface area contributed by atoms with Crippen molar-refractivity contribution in [2.24, 2.45) is 5.73 Å². The summed E-state index contributed by atoms with van der Waals surface area (Å²) in [6.45, 7) is 3.28. The third kappa shape index (κ3) is 13.5. The number of carbonyl (C=O) groups excluding carboxylic acids is 2. The van der Waals surface area contributed by atoms with Crippen LogP contribution in [0.15, 0.2) is 0 Å². The summed E-state index contributed by atoms with van der Waals surface area (Å²) in [7, 11) is 2.36. The number of hydrogen-bond acceptors (Lipinski definition) is 9. The van der Waals surface area contributed by atoms with Gasteiger partial charge in [-0.25, -0.2) is 0 Å². The van der Waals surface area contributed by atoms with E-state index in [1.807, 2.05) is 0 Å². The first-order chi connectivity index (χ1) is 11.6. The Morgan fingerprint density at radius 1 is 0.920 bits per heavy atom. The second-order valence-electron chi connectivity index (χ2n) is 5.04. The first kappa shape index (κ1) is 23.5. The summed E-state index contributed by atoms with van der Waals surface area (Å²) in [6, 6.07) is -1.11. The van der Waals surface area contributed by atoms with Crippen molar-refractivity contribution in [3.05, 3.63) is 0 Å². The van der Waals surface area contributed by atoms with E-state index in [1.54, 1.807) is 13.8 Å². The molecule has 0 aliphatic carbocycles. The molecule has 11 heteroatoms. The summed E-state index contributed by atoms with van der Waals surface area (Å²) in [4.78, 5) is 43.9. The molecule has 0 heterocycles. The van der Waals surface area contributed by atoms with Crippen LogP contribution in [0, 0.1) is 0 Å². The lowest BCUT2D eigenvalue weighted by atomic mass is 10.2. The number of carboxylic acids is 2. The van der Waals surface area contributed by atoms with Crippen LogP contribution in [0.25, 0.3) is 0 Å². The van der Waals surface area contributed by atoms with Crippen molar-refractivity contribution in [1.82, 2.24) is 0 Å². The highest BCUT2D eigenvalue weighted by Gasteiger charge is 2.18. The molecule has 0 aliphatic rings. The van der Waals surface area contributed by atoms with Crippen LogP contribution in [-0.4, -0.2) is 51.0 Å². The third-order valence-electron chi connectivity index (χ3n) is 2.67. The topological polar surface area (TPSA) is 153 Å². The van der Waals surface area contributed by atoms with E-state index >= 15 is 0 Å².